The molecule has 0 radical (unpaired) electrons. The average Bonchev–Trinajstić information content (AvgIpc) is 2.62. The van der Waals surface area contributed by atoms with Crippen LogP contribution in [0, 0.1) is 5.92 Å². The molecule has 0 bridgehead atoms. The molecule has 2 N–H and O–H groups in total. The van der Waals surface area contributed by atoms with Gasteiger partial charge in [-0.25, -0.2) is 9.97 Å². The number of methoxy groups -OCH3 is 1. The van der Waals surface area contributed by atoms with E-state index >= 15 is 0 Å². The number of anilines is 1. The molecule has 1 aliphatic carbocycles. The second-order valence-corrected chi connectivity index (χ2v) is 6.03. The third-order valence-electron chi connectivity index (χ3n) is 4.45. The van der Waals surface area contributed by atoms with Crippen molar-refractivity contribution in [1.29, 1.82) is 0 Å². The predicted molar refractivity (Wildman–Crippen MR) is 91.0 cm³/mol. The Morgan fingerprint density at radius 3 is 2.50 bits per heavy atom. The lowest BCUT2D eigenvalue weighted by Gasteiger charge is -2.26. The van der Waals surface area contributed by atoms with Gasteiger partial charge in [0, 0.05) is 17.8 Å². The molecule has 0 aliphatic heterocycles. The lowest BCUT2D eigenvalue weighted by Crippen LogP contribution is -2.29. The number of carboxylic acid groups (broad SMARTS) is 1. The zero-order chi connectivity index (χ0) is 16.9. The fourth-order valence-electron chi connectivity index (χ4n) is 3.02. The van der Waals surface area contributed by atoms with E-state index in [4.69, 9.17) is 9.84 Å². The summed E-state index contributed by atoms with van der Waals surface area (Å²) in [4.78, 5) is 19.9. The highest BCUT2D eigenvalue weighted by molar-refractivity contribution is 5.70. The second kappa shape index (κ2) is 7.29. The number of carbonyl (C=O) groups is 1. The average molecular weight is 327 g/mol. The number of aliphatic carboxylic acids is 1. The Morgan fingerprint density at radius 1 is 1.17 bits per heavy atom. The smallest absolute Gasteiger partial charge is 0.306 e. The largest absolute Gasteiger partial charge is 0.497 e. The summed E-state index contributed by atoms with van der Waals surface area (Å²) < 4.78 is 5.17. The van der Waals surface area contributed by atoms with Crippen LogP contribution in [0.5, 0.6) is 5.75 Å². The summed E-state index contributed by atoms with van der Waals surface area (Å²) in [5.41, 5.74) is 1.84. The van der Waals surface area contributed by atoms with Crippen LogP contribution in [0.3, 0.4) is 0 Å². The highest BCUT2D eigenvalue weighted by Crippen LogP contribution is 2.27. The SMILES string of the molecule is COc1ccc(-c2ccnc(NC3CCC(C(=O)O)CC3)n2)cc1. The molecule has 6 nitrogen and oxygen atoms in total. The van der Waals surface area contributed by atoms with Crippen molar-refractivity contribution in [3.63, 3.8) is 0 Å². The molecule has 0 spiro atoms. The van der Waals surface area contributed by atoms with E-state index in [2.05, 4.69) is 15.3 Å². The van der Waals surface area contributed by atoms with Crippen LogP contribution in [0.15, 0.2) is 36.5 Å². The standard InChI is InChI=1S/C18H21N3O3/c1-24-15-8-4-12(5-9-15)16-10-11-19-18(21-16)20-14-6-2-13(3-7-14)17(22)23/h4-5,8-11,13-14H,2-3,6-7H2,1H3,(H,22,23)(H,19,20,21). The molecule has 1 aromatic carbocycles. The minimum atomic E-state index is -0.689. The zero-order valence-corrected chi connectivity index (χ0v) is 13.6. The predicted octanol–water partition coefficient (Wildman–Crippen LogP) is 3.21. The number of aromatic nitrogens is 2. The fourth-order valence-corrected chi connectivity index (χ4v) is 3.02. The van der Waals surface area contributed by atoms with Gasteiger partial charge in [0.25, 0.3) is 0 Å². The maximum absolute atomic E-state index is 11.0. The maximum atomic E-state index is 11.0. The molecule has 1 saturated carbocycles. The van der Waals surface area contributed by atoms with Gasteiger partial charge in [-0.2, -0.15) is 0 Å². The molecule has 24 heavy (non-hydrogen) atoms. The Morgan fingerprint density at radius 2 is 1.88 bits per heavy atom. The molecule has 1 aromatic heterocycles. The molecule has 1 fully saturated rings. The Balaban J connectivity index is 1.66. The lowest BCUT2D eigenvalue weighted by atomic mass is 9.86. The minimum Gasteiger partial charge on any atom is -0.497 e. The van der Waals surface area contributed by atoms with Gasteiger partial charge in [-0.1, -0.05) is 0 Å². The van der Waals surface area contributed by atoms with Crippen LogP contribution in [0.25, 0.3) is 11.3 Å². The van der Waals surface area contributed by atoms with E-state index in [-0.39, 0.29) is 12.0 Å². The Bertz CT molecular complexity index is 695. The van der Waals surface area contributed by atoms with Gasteiger partial charge in [-0.3, -0.25) is 4.79 Å². The first kappa shape index (κ1) is 16.2. The zero-order valence-electron chi connectivity index (χ0n) is 13.6. The van der Waals surface area contributed by atoms with Crippen LogP contribution in [-0.4, -0.2) is 34.2 Å². The molecule has 1 aliphatic rings. The summed E-state index contributed by atoms with van der Waals surface area (Å²) in [6, 6.07) is 9.82. The quantitative estimate of drug-likeness (QED) is 0.877. The van der Waals surface area contributed by atoms with Crippen LogP contribution in [0.4, 0.5) is 5.95 Å². The fraction of sp³-hybridized carbons (Fsp3) is 0.389. The highest BCUT2D eigenvalue weighted by Gasteiger charge is 2.26. The number of carboxylic acids is 1. The monoisotopic (exact) mass is 327 g/mol. The third-order valence-corrected chi connectivity index (χ3v) is 4.45. The number of hydrogen-bond donors (Lipinski definition) is 2. The topological polar surface area (TPSA) is 84.3 Å². The Kier molecular flexibility index (Phi) is 4.93. The summed E-state index contributed by atoms with van der Waals surface area (Å²) in [6.45, 7) is 0. The van der Waals surface area contributed by atoms with Gasteiger partial charge in [0.2, 0.25) is 5.95 Å². The van der Waals surface area contributed by atoms with Crippen molar-refractivity contribution in [3.05, 3.63) is 36.5 Å². The van der Waals surface area contributed by atoms with Crippen LogP contribution < -0.4 is 10.1 Å². The maximum Gasteiger partial charge on any atom is 0.306 e. The molecule has 126 valence electrons. The van der Waals surface area contributed by atoms with E-state index in [0.29, 0.717) is 18.8 Å². The van der Waals surface area contributed by atoms with Crippen LogP contribution in [-0.2, 0) is 4.79 Å². The number of nitrogens with one attached hydrogen (secondary N) is 1. The summed E-state index contributed by atoms with van der Waals surface area (Å²) >= 11 is 0. The first-order valence-electron chi connectivity index (χ1n) is 8.12. The van der Waals surface area contributed by atoms with Crippen molar-refractivity contribution >= 4 is 11.9 Å². The number of nitrogens with zero attached hydrogens (tertiary/aromatic N) is 2. The van der Waals surface area contributed by atoms with Crippen molar-refractivity contribution < 1.29 is 14.6 Å². The highest BCUT2D eigenvalue weighted by atomic mass is 16.5. The molecular formula is C18H21N3O3. The van der Waals surface area contributed by atoms with Gasteiger partial charge >= 0.3 is 5.97 Å². The summed E-state index contributed by atoms with van der Waals surface area (Å²) in [5.74, 6) is 0.490. The van der Waals surface area contributed by atoms with E-state index in [1.807, 2.05) is 30.3 Å². The molecule has 0 atom stereocenters. The van der Waals surface area contributed by atoms with Gasteiger partial charge in [-0.05, 0) is 56.0 Å². The number of rotatable bonds is 5. The molecule has 6 heteroatoms. The first-order valence-corrected chi connectivity index (χ1v) is 8.12. The molecule has 1 heterocycles. The number of hydrogen-bond acceptors (Lipinski definition) is 5. The van der Waals surface area contributed by atoms with E-state index in [9.17, 15) is 4.79 Å². The molecule has 0 saturated heterocycles. The van der Waals surface area contributed by atoms with Gasteiger partial charge in [-0.15, -0.1) is 0 Å². The van der Waals surface area contributed by atoms with E-state index in [0.717, 1.165) is 29.8 Å². The number of benzene rings is 1. The lowest BCUT2D eigenvalue weighted by molar-refractivity contribution is -0.142. The molecule has 0 unspecified atom stereocenters. The molecule has 3 rings (SSSR count). The van der Waals surface area contributed by atoms with Gasteiger partial charge < -0.3 is 15.2 Å². The summed E-state index contributed by atoms with van der Waals surface area (Å²) in [7, 11) is 1.64. The van der Waals surface area contributed by atoms with Crippen molar-refractivity contribution in [2.24, 2.45) is 5.92 Å². The van der Waals surface area contributed by atoms with Gasteiger partial charge in [0.05, 0.1) is 18.7 Å². The van der Waals surface area contributed by atoms with Crippen molar-refractivity contribution in [3.8, 4) is 17.0 Å². The summed E-state index contributed by atoms with van der Waals surface area (Å²) in [5, 5.41) is 12.4. The van der Waals surface area contributed by atoms with Gasteiger partial charge in [0.15, 0.2) is 0 Å². The van der Waals surface area contributed by atoms with E-state index < -0.39 is 5.97 Å². The van der Waals surface area contributed by atoms with Crippen LogP contribution >= 0.6 is 0 Å². The van der Waals surface area contributed by atoms with Crippen LogP contribution in [0.2, 0.25) is 0 Å². The molecule has 0 amide bonds. The Hall–Kier alpha value is -2.63. The summed E-state index contributed by atoms with van der Waals surface area (Å²) in [6.07, 6.45) is 4.79. The Labute approximate surface area is 140 Å². The van der Waals surface area contributed by atoms with Crippen molar-refractivity contribution in [2.45, 2.75) is 31.7 Å². The normalized spacial score (nSPS) is 20.4. The van der Waals surface area contributed by atoms with E-state index in [1.54, 1.807) is 13.3 Å². The molecular weight excluding hydrogens is 306 g/mol. The first-order chi connectivity index (χ1) is 11.7. The van der Waals surface area contributed by atoms with Crippen molar-refractivity contribution in [1.82, 2.24) is 9.97 Å². The second-order valence-electron chi connectivity index (χ2n) is 6.03. The van der Waals surface area contributed by atoms with Gasteiger partial charge in [0.1, 0.15) is 5.75 Å². The minimum absolute atomic E-state index is 0.213. The van der Waals surface area contributed by atoms with E-state index in [1.165, 1.54) is 0 Å². The molecule has 2 aromatic rings. The number of ether oxygens (including phenoxy) is 1. The van der Waals surface area contributed by atoms with Crippen LogP contribution in [0.1, 0.15) is 25.7 Å². The van der Waals surface area contributed by atoms with Crippen molar-refractivity contribution in [2.75, 3.05) is 12.4 Å². The third kappa shape index (κ3) is 3.82.